The van der Waals surface area contributed by atoms with Gasteiger partial charge >= 0.3 is 0 Å². The zero-order chi connectivity index (χ0) is 12.4. The molecule has 1 fully saturated rings. The van der Waals surface area contributed by atoms with E-state index in [-0.39, 0.29) is 0 Å². The Bertz CT molecular complexity index is 532. The molecule has 5 heteroatoms. The molecule has 2 aromatic heterocycles. The molecule has 2 heterocycles. The molecule has 3 nitrogen and oxygen atoms in total. The van der Waals surface area contributed by atoms with Crippen molar-refractivity contribution in [3.63, 3.8) is 0 Å². The molecule has 0 saturated heterocycles. The summed E-state index contributed by atoms with van der Waals surface area (Å²) in [6.07, 6.45) is 8.62. The second-order valence-electron chi connectivity index (χ2n) is 4.68. The third-order valence-electron chi connectivity index (χ3n) is 3.43. The van der Waals surface area contributed by atoms with Gasteiger partial charge in [0.15, 0.2) is 5.16 Å². The van der Waals surface area contributed by atoms with Gasteiger partial charge in [0, 0.05) is 6.04 Å². The van der Waals surface area contributed by atoms with Crippen molar-refractivity contribution < 1.29 is 0 Å². The predicted octanol–water partition coefficient (Wildman–Crippen LogP) is 4.16. The quantitative estimate of drug-likeness (QED) is 0.676. The van der Waals surface area contributed by atoms with Crippen molar-refractivity contribution in [1.29, 1.82) is 0 Å². The second-order valence-corrected chi connectivity index (χ2v) is 6.35. The predicted molar refractivity (Wildman–Crippen MR) is 79.7 cm³/mol. The van der Waals surface area contributed by atoms with Crippen molar-refractivity contribution in [1.82, 2.24) is 9.97 Å². The van der Waals surface area contributed by atoms with E-state index in [2.05, 4.69) is 26.7 Å². The van der Waals surface area contributed by atoms with Crippen molar-refractivity contribution in [3.8, 4) is 0 Å². The lowest BCUT2D eigenvalue weighted by molar-refractivity contribution is 0.462. The van der Waals surface area contributed by atoms with E-state index in [0.717, 1.165) is 15.8 Å². The number of thioether (sulfide) groups is 1. The Labute approximate surface area is 115 Å². The van der Waals surface area contributed by atoms with Gasteiger partial charge in [0.05, 0.1) is 5.39 Å². The molecule has 0 bridgehead atoms. The van der Waals surface area contributed by atoms with Gasteiger partial charge in [-0.05, 0) is 30.5 Å². The van der Waals surface area contributed by atoms with Crippen LogP contribution in [0.1, 0.15) is 32.1 Å². The molecular formula is C13H17N3S2. The highest BCUT2D eigenvalue weighted by Crippen LogP contribution is 2.29. The van der Waals surface area contributed by atoms with E-state index in [1.54, 1.807) is 23.1 Å². The van der Waals surface area contributed by atoms with E-state index in [1.807, 2.05) is 6.26 Å². The maximum absolute atomic E-state index is 4.63. The van der Waals surface area contributed by atoms with Crippen LogP contribution in [0.25, 0.3) is 10.2 Å². The molecule has 0 amide bonds. The van der Waals surface area contributed by atoms with Gasteiger partial charge < -0.3 is 5.32 Å². The van der Waals surface area contributed by atoms with Gasteiger partial charge in [0.1, 0.15) is 10.6 Å². The summed E-state index contributed by atoms with van der Waals surface area (Å²) < 4.78 is 0. The fraction of sp³-hybridized carbons (Fsp3) is 0.538. The number of fused-ring (bicyclic) bond motifs is 1. The highest BCUT2D eigenvalue weighted by atomic mass is 32.2. The average molecular weight is 279 g/mol. The fourth-order valence-electron chi connectivity index (χ4n) is 2.48. The van der Waals surface area contributed by atoms with Crippen molar-refractivity contribution in [2.45, 2.75) is 43.3 Å². The average Bonchev–Trinajstić information content (AvgIpc) is 2.88. The summed E-state index contributed by atoms with van der Waals surface area (Å²) in [4.78, 5) is 10.3. The third-order valence-corrected chi connectivity index (χ3v) is 4.79. The summed E-state index contributed by atoms with van der Waals surface area (Å²) in [5.41, 5.74) is 0. The van der Waals surface area contributed by atoms with E-state index in [9.17, 15) is 0 Å². The number of hydrogen-bond donors (Lipinski definition) is 1. The number of hydrogen-bond acceptors (Lipinski definition) is 5. The van der Waals surface area contributed by atoms with Crippen LogP contribution in [0.3, 0.4) is 0 Å². The molecule has 3 rings (SSSR count). The lowest BCUT2D eigenvalue weighted by Gasteiger charge is -2.23. The molecule has 18 heavy (non-hydrogen) atoms. The zero-order valence-electron chi connectivity index (χ0n) is 10.5. The first-order chi connectivity index (χ1) is 8.86. The molecule has 96 valence electrons. The van der Waals surface area contributed by atoms with E-state index >= 15 is 0 Å². The lowest BCUT2D eigenvalue weighted by atomic mass is 9.95. The van der Waals surface area contributed by atoms with Crippen LogP contribution in [0, 0.1) is 0 Å². The summed E-state index contributed by atoms with van der Waals surface area (Å²) in [5, 5.41) is 7.75. The van der Waals surface area contributed by atoms with Crippen molar-refractivity contribution in [2.24, 2.45) is 0 Å². The summed E-state index contributed by atoms with van der Waals surface area (Å²) in [5.74, 6) is 1.03. The standard InChI is InChI=1S/C13H17N3S2/c1-17-13-15-11(10-7-8-18-12(10)16-13)14-9-5-3-2-4-6-9/h7-9H,2-6H2,1H3,(H,14,15,16). The van der Waals surface area contributed by atoms with Gasteiger partial charge in [0.25, 0.3) is 0 Å². The molecule has 0 aromatic carbocycles. The maximum Gasteiger partial charge on any atom is 0.190 e. The lowest BCUT2D eigenvalue weighted by Crippen LogP contribution is -2.23. The first kappa shape index (κ1) is 12.2. The molecule has 0 aliphatic heterocycles. The van der Waals surface area contributed by atoms with E-state index < -0.39 is 0 Å². The molecule has 1 aliphatic rings. The minimum atomic E-state index is 0.589. The highest BCUT2D eigenvalue weighted by Gasteiger charge is 2.16. The van der Waals surface area contributed by atoms with Crippen LogP contribution in [0.4, 0.5) is 5.82 Å². The topological polar surface area (TPSA) is 37.8 Å². The monoisotopic (exact) mass is 279 g/mol. The number of nitrogens with zero attached hydrogens (tertiary/aromatic N) is 2. The third kappa shape index (κ3) is 2.47. The second kappa shape index (κ2) is 5.45. The SMILES string of the molecule is CSc1nc(NC2CCCCC2)c2ccsc2n1. The summed E-state index contributed by atoms with van der Waals surface area (Å²) in [6.45, 7) is 0. The number of thiophene rings is 1. The van der Waals surface area contributed by atoms with Crippen LogP contribution in [-0.2, 0) is 0 Å². The Morgan fingerprint density at radius 1 is 1.28 bits per heavy atom. The molecule has 1 saturated carbocycles. The largest absolute Gasteiger partial charge is 0.367 e. The van der Waals surface area contributed by atoms with Crippen LogP contribution >= 0.6 is 23.1 Å². The normalized spacial score (nSPS) is 17.2. The first-order valence-electron chi connectivity index (χ1n) is 6.42. The van der Waals surface area contributed by atoms with E-state index in [4.69, 9.17) is 0 Å². The molecule has 1 N–H and O–H groups in total. The van der Waals surface area contributed by atoms with E-state index in [1.165, 1.54) is 37.5 Å². The van der Waals surface area contributed by atoms with Gasteiger partial charge in [-0.15, -0.1) is 11.3 Å². The van der Waals surface area contributed by atoms with Gasteiger partial charge in [0.2, 0.25) is 0 Å². The van der Waals surface area contributed by atoms with Crippen LogP contribution in [0.2, 0.25) is 0 Å². The fourth-order valence-corrected chi connectivity index (χ4v) is 3.66. The van der Waals surface area contributed by atoms with Crippen molar-refractivity contribution in [2.75, 3.05) is 11.6 Å². The number of nitrogens with one attached hydrogen (secondary N) is 1. The Morgan fingerprint density at radius 2 is 2.11 bits per heavy atom. The molecule has 0 spiro atoms. The molecule has 0 unspecified atom stereocenters. The highest BCUT2D eigenvalue weighted by molar-refractivity contribution is 7.98. The summed E-state index contributed by atoms with van der Waals surface area (Å²) in [6, 6.07) is 2.71. The van der Waals surface area contributed by atoms with Crippen LogP contribution in [0.15, 0.2) is 16.6 Å². The van der Waals surface area contributed by atoms with Gasteiger partial charge in [-0.2, -0.15) is 0 Å². The van der Waals surface area contributed by atoms with Crippen molar-refractivity contribution in [3.05, 3.63) is 11.4 Å². The van der Waals surface area contributed by atoms with Crippen LogP contribution in [0.5, 0.6) is 0 Å². The minimum absolute atomic E-state index is 0.589. The summed E-state index contributed by atoms with van der Waals surface area (Å²) >= 11 is 3.30. The Morgan fingerprint density at radius 3 is 2.89 bits per heavy atom. The number of rotatable bonds is 3. The zero-order valence-corrected chi connectivity index (χ0v) is 12.1. The van der Waals surface area contributed by atoms with Crippen LogP contribution < -0.4 is 5.32 Å². The van der Waals surface area contributed by atoms with Crippen molar-refractivity contribution >= 4 is 39.1 Å². The molecule has 1 aliphatic carbocycles. The minimum Gasteiger partial charge on any atom is -0.367 e. The smallest absolute Gasteiger partial charge is 0.190 e. The van der Waals surface area contributed by atoms with E-state index in [0.29, 0.717) is 6.04 Å². The Balaban J connectivity index is 1.91. The Hall–Kier alpha value is -0.810. The summed E-state index contributed by atoms with van der Waals surface area (Å²) in [7, 11) is 0. The van der Waals surface area contributed by atoms with Gasteiger partial charge in [-0.25, -0.2) is 9.97 Å². The van der Waals surface area contributed by atoms with Crippen LogP contribution in [-0.4, -0.2) is 22.3 Å². The number of aromatic nitrogens is 2. The Kier molecular flexibility index (Phi) is 3.70. The molecular weight excluding hydrogens is 262 g/mol. The number of anilines is 1. The van der Waals surface area contributed by atoms with Gasteiger partial charge in [-0.3, -0.25) is 0 Å². The first-order valence-corrected chi connectivity index (χ1v) is 8.53. The van der Waals surface area contributed by atoms with Gasteiger partial charge in [-0.1, -0.05) is 31.0 Å². The maximum atomic E-state index is 4.63. The molecule has 2 aromatic rings. The molecule has 0 radical (unpaired) electrons. The molecule has 0 atom stereocenters.